The molecule has 4 fully saturated rings. The molecule has 2 aliphatic carbocycles. The number of esters is 1. The first-order valence-electron chi connectivity index (χ1n) is 10.1. The summed E-state index contributed by atoms with van der Waals surface area (Å²) >= 11 is 0. The molecule has 0 N–H and O–H groups in total. The zero-order chi connectivity index (χ0) is 17.6. The van der Waals surface area contributed by atoms with E-state index >= 15 is 0 Å². The van der Waals surface area contributed by atoms with Crippen LogP contribution in [0.1, 0.15) is 51.9 Å². The summed E-state index contributed by atoms with van der Waals surface area (Å²) in [5.74, 6) is 1.05. The highest BCUT2D eigenvalue weighted by Crippen LogP contribution is 2.57. The summed E-state index contributed by atoms with van der Waals surface area (Å²) < 4.78 is 11.3. The monoisotopic (exact) mass is 347 g/mol. The Kier molecular flexibility index (Phi) is 4.70. The van der Waals surface area contributed by atoms with E-state index in [1.54, 1.807) is 7.11 Å². The van der Waals surface area contributed by atoms with Gasteiger partial charge in [-0.2, -0.15) is 0 Å². The van der Waals surface area contributed by atoms with E-state index in [0.717, 1.165) is 32.5 Å². The van der Waals surface area contributed by atoms with Crippen molar-refractivity contribution in [1.82, 2.24) is 4.90 Å². The van der Waals surface area contributed by atoms with Crippen LogP contribution in [0, 0.1) is 23.2 Å². The van der Waals surface area contributed by atoms with E-state index in [-0.39, 0.29) is 23.4 Å². The standard InChI is InChI=1S/C21H33NO3/c1-14-6-4-8-21(2)11-19-16(10-18(14)21)17(20(23)25-19)12-22-9-5-7-15(22)13-24-3/h15-19H,1,4-13H2,2-3H3/t15-,16-,17+,18+,19-,21-/m1/s1. The van der Waals surface area contributed by atoms with E-state index in [1.165, 1.54) is 37.7 Å². The van der Waals surface area contributed by atoms with Crippen LogP contribution in [0.4, 0.5) is 0 Å². The van der Waals surface area contributed by atoms with Crippen LogP contribution in [-0.2, 0) is 14.3 Å². The van der Waals surface area contributed by atoms with E-state index in [1.807, 2.05) is 0 Å². The third-order valence-corrected chi connectivity index (χ3v) is 7.61. The summed E-state index contributed by atoms with van der Waals surface area (Å²) in [5.41, 5.74) is 1.71. The number of likely N-dealkylation sites (tertiary alicyclic amines) is 1. The normalized spacial score (nSPS) is 44.5. The lowest BCUT2D eigenvalue weighted by Gasteiger charge is -2.50. The number of hydrogen-bond acceptors (Lipinski definition) is 4. The van der Waals surface area contributed by atoms with Crippen molar-refractivity contribution in [3.63, 3.8) is 0 Å². The molecule has 2 heterocycles. The molecule has 4 heteroatoms. The van der Waals surface area contributed by atoms with Gasteiger partial charge in [-0.15, -0.1) is 0 Å². The van der Waals surface area contributed by atoms with Crippen LogP contribution in [0.25, 0.3) is 0 Å². The molecule has 0 radical (unpaired) electrons. The second kappa shape index (κ2) is 6.70. The van der Waals surface area contributed by atoms with Crippen LogP contribution >= 0.6 is 0 Å². The van der Waals surface area contributed by atoms with Gasteiger partial charge in [0.1, 0.15) is 6.10 Å². The van der Waals surface area contributed by atoms with Crippen molar-refractivity contribution < 1.29 is 14.3 Å². The topological polar surface area (TPSA) is 38.8 Å². The lowest BCUT2D eigenvalue weighted by Crippen LogP contribution is -2.46. The molecule has 0 aromatic rings. The van der Waals surface area contributed by atoms with E-state index in [2.05, 4.69) is 18.4 Å². The molecule has 2 saturated heterocycles. The van der Waals surface area contributed by atoms with Crippen molar-refractivity contribution in [2.75, 3.05) is 26.8 Å². The summed E-state index contributed by atoms with van der Waals surface area (Å²) in [7, 11) is 1.77. The highest BCUT2D eigenvalue weighted by molar-refractivity contribution is 5.75. The van der Waals surface area contributed by atoms with E-state index in [0.29, 0.717) is 17.9 Å². The fourth-order valence-corrected chi connectivity index (χ4v) is 6.23. The number of carbonyl (C=O) groups excluding carboxylic acids is 1. The quantitative estimate of drug-likeness (QED) is 0.577. The third kappa shape index (κ3) is 3.06. The van der Waals surface area contributed by atoms with Gasteiger partial charge < -0.3 is 9.47 Å². The second-order valence-electron chi connectivity index (χ2n) is 9.15. The van der Waals surface area contributed by atoms with E-state index in [4.69, 9.17) is 9.47 Å². The van der Waals surface area contributed by atoms with Gasteiger partial charge in [0.25, 0.3) is 0 Å². The molecular formula is C21H33NO3. The van der Waals surface area contributed by atoms with Crippen LogP contribution in [0.2, 0.25) is 0 Å². The average molecular weight is 347 g/mol. The largest absolute Gasteiger partial charge is 0.462 e. The summed E-state index contributed by atoms with van der Waals surface area (Å²) in [5, 5.41) is 0. The molecule has 0 aromatic carbocycles. The zero-order valence-electron chi connectivity index (χ0n) is 15.8. The summed E-state index contributed by atoms with van der Waals surface area (Å²) in [6.45, 7) is 9.49. The van der Waals surface area contributed by atoms with Crippen LogP contribution in [0.3, 0.4) is 0 Å². The second-order valence-corrected chi connectivity index (χ2v) is 9.15. The van der Waals surface area contributed by atoms with Gasteiger partial charge in [-0.3, -0.25) is 9.69 Å². The van der Waals surface area contributed by atoms with E-state index < -0.39 is 0 Å². The Morgan fingerprint density at radius 2 is 2.24 bits per heavy atom. The van der Waals surface area contributed by atoms with Crippen molar-refractivity contribution in [1.29, 1.82) is 0 Å². The minimum atomic E-state index is 0.0433. The molecule has 0 spiro atoms. The minimum absolute atomic E-state index is 0.0433. The molecule has 0 aromatic heterocycles. The first-order valence-corrected chi connectivity index (χ1v) is 10.1. The first-order chi connectivity index (χ1) is 12.0. The number of carbonyl (C=O) groups is 1. The van der Waals surface area contributed by atoms with Gasteiger partial charge in [-0.25, -0.2) is 0 Å². The molecule has 4 aliphatic rings. The minimum Gasteiger partial charge on any atom is -0.462 e. The lowest BCUT2D eigenvalue weighted by molar-refractivity contribution is -0.146. The molecular weight excluding hydrogens is 314 g/mol. The van der Waals surface area contributed by atoms with Crippen LogP contribution in [0.15, 0.2) is 12.2 Å². The predicted molar refractivity (Wildman–Crippen MR) is 97.2 cm³/mol. The Hall–Kier alpha value is -0.870. The van der Waals surface area contributed by atoms with Crippen molar-refractivity contribution in [2.45, 2.75) is 64.0 Å². The Bertz CT molecular complexity index is 547. The zero-order valence-corrected chi connectivity index (χ0v) is 15.8. The summed E-state index contributed by atoms with van der Waals surface area (Å²) in [6, 6.07) is 0.468. The van der Waals surface area contributed by atoms with Crippen molar-refractivity contribution in [3.8, 4) is 0 Å². The van der Waals surface area contributed by atoms with Gasteiger partial charge in [0.05, 0.1) is 12.5 Å². The maximum absolute atomic E-state index is 12.7. The maximum Gasteiger partial charge on any atom is 0.310 e. The summed E-state index contributed by atoms with van der Waals surface area (Å²) in [6.07, 6.45) is 8.32. The number of allylic oxidation sites excluding steroid dienone is 1. The molecule has 2 aliphatic heterocycles. The predicted octanol–water partition coefficient (Wildman–Crippen LogP) is 3.41. The van der Waals surface area contributed by atoms with Gasteiger partial charge >= 0.3 is 5.97 Å². The number of nitrogens with zero attached hydrogens (tertiary/aromatic N) is 1. The molecule has 6 atom stereocenters. The third-order valence-electron chi connectivity index (χ3n) is 7.61. The lowest BCUT2D eigenvalue weighted by atomic mass is 9.55. The van der Waals surface area contributed by atoms with Crippen molar-refractivity contribution in [2.24, 2.45) is 23.2 Å². The van der Waals surface area contributed by atoms with Gasteiger partial charge in [-0.05, 0) is 62.8 Å². The van der Waals surface area contributed by atoms with E-state index in [9.17, 15) is 4.79 Å². The number of fused-ring (bicyclic) bond motifs is 2. The fourth-order valence-electron chi connectivity index (χ4n) is 6.23. The number of ether oxygens (including phenoxy) is 2. The maximum atomic E-state index is 12.7. The first kappa shape index (κ1) is 17.5. The Morgan fingerprint density at radius 3 is 3.04 bits per heavy atom. The van der Waals surface area contributed by atoms with Crippen LogP contribution < -0.4 is 0 Å². The van der Waals surface area contributed by atoms with Gasteiger partial charge in [-0.1, -0.05) is 19.1 Å². The van der Waals surface area contributed by atoms with Crippen LogP contribution in [0.5, 0.6) is 0 Å². The summed E-state index contributed by atoms with van der Waals surface area (Å²) in [4.78, 5) is 15.2. The molecule has 0 bridgehead atoms. The van der Waals surface area contributed by atoms with Gasteiger partial charge in [0, 0.05) is 25.6 Å². The molecule has 25 heavy (non-hydrogen) atoms. The SMILES string of the molecule is C=C1CCC[C@]2(C)C[C@H]3OC(=O)[C@@H](CN4CCC[C@@H]4COC)[C@H]3C[C@@H]12. The highest BCUT2D eigenvalue weighted by atomic mass is 16.6. The molecule has 4 nitrogen and oxygen atoms in total. The van der Waals surface area contributed by atoms with Crippen LogP contribution in [-0.4, -0.2) is 49.8 Å². The number of methoxy groups -OCH3 is 1. The molecule has 4 rings (SSSR count). The Morgan fingerprint density at radius 1 is 1.40 bits per heavy atom. The Balaban J connectivity index is 1.49. The van der Waals surface area contributed by atoms with Gasteiger partial charge in [0.2, 0.25) is 0 Å². The fraction of sp³-hybridized carbons (Fsp3) is 0.857. The molecule has 0 amide bonds. The molecule has 2 saturated carbocycles. The Labute approximate surface area is 151 Å². The van der Waals surface area contributed by atoms with Gasteiger partial charge in [0.15, 0.2) is 0 Å². The molecule has 140 valence electrons. The number of hydrogen-bond donors (Lipinski definition) is 0. The highest BCUT2D eigenvalue weighted by Gasteiger charge is 2.55. The average Bonchev–Trinajstić information content (AvgIpc) is 3.11. The van der Waals surface area contributed by atoms with Crippen molar-refractivity contribution in [3.05, 3.63) is 12.2 Å². The number of rotatable bonds is 4. The smallest absolute Gasteiger partial charge is 0.310 e. The van der Waals surface area contributed by atoms with Crippen molar-refractivity contribution >= 4 is 5.97 Å². The molecule has 0 unspecified atom stereocenters.